The van der Waals surface area contributed by atoms with Crippen molar-refractivity contribution in [2.75, 3.05) is 18.9 Å². The number of carbonyl (C=O) groups excluding carboxylic acids is 1. The predicted octanol–water partition coefficient (Wildman–Crippen LogP) is 2.59. The summed E-state index contributed by atoms with van der Waals surface area (Å²) in [7, 11) is -2.43. The second kappa shape index (κ2) is 7.87. The molecule has 0 aliphatic carbocycles. The van der Waals surface area contributed by atoms with Crippen LogP contribution in [0.4, 0.5) is 5.69 Å². The average molecular weight is 384 g/mol. The molecule has 3 aromatic carbocycles. The third-order valence-corrected chi connectivity index (χ3v) is 5.99. The third-order valence-electron chi connectivity index (χ3n) is 4.19. The Balaban J connectivity index is 1.74. The first kappa shape index (κ1) is 19.0. The Morgan fingerprint density at radius 1 is 1.00 bits per heavy atom. The maximum absolute atomic E-state index is 12.8. The van der Waals surface area contributed by atoms with E-state index in [0.29, 0.717) is 11.3 Å². The van der Waals surface area contributed by atoms with Crippen LogP contribution in [0.25, 0.3) is 10.8 Å². The summed E-state index contributed by atoms with van der Waals surface area (Å²) >= 11 is 0. The lowest BCUT2D eigenvalue weighted by molar-refractivity contribution is -0.116. The SMILES string of the molecule is CN(CC(=O)Nc1cccc(CO)c1)S(=O)(=O)c1ccc2ccccc2c1. The van der Waals surface area contributed by atoms with Crippen LogP contribution in [0.3, 0.4) is 0 Å². The number of hydrogen-bond donors (Lipinski definition) is 2. The molecule has 1 amide bonds. The fourth-order valence-corrected chi connectivity index (χ4v) is 3.91. The molecule has 3 rings (SSSR count). The van der Waals surface area contributed by atoms with Crippen molar-refractivity contribution in [2.45, 2.75) is 11.5 Å². The first-order valence-corrected chi connectivity index (χ1v) is 9.79. The third kappa shape index (κ3) is 4.33. The molecule has 0 aromatic heterocycles. The first-order valence-electron chi connectivity index (χ1n) is 8.35. The van der Waals surface area contributed by atoms with Gasteiger partial charge in [-0.1, -0.05) is 42.5 Å². The normalized spacial score (nSPS) is 11.7. The lowest BCUT2D eigenvalue weighted by atomic mass is 10.1. The van der Waals surface area contributed by atoms with Crippen molar-refractivity contribution in [2.24, 2.45) is 0 Å². The van der Waals surface area contributed by atoms with Gasteiger partial charge in [0.2, 0.25) is 15.9 Å². The molecule has 0 bridgehead atoms. The van der Waals surface area contributed by atoms with Crippen molar-refractivity contribution >= 4 is 32.4 Å². The lowest BCUT2D eigenvalue weighted by Crippen LogP contribution is -2.35. The van der Waals surface area contributed by atoms with Crippen molar-refractivity contribution in [3.05, 3.63) is 72.3 Å². The van der Waals surface area contributed by atoms with Crippen LogP contribution in [-0.2, 0) is 21.4 Å². The van der Waals surface area contributed by atoms with Crippen LogP contribution < -0.4 is 5.32 Å². The predicted molar refractivity (Wildman–Crippen MR) is 105 cm³/mol. The van der Waals surface area contributed by atoms with E-state index in [2.05, 4.69) is 5.32 Å². The van der Waals surface area contributed by atoms with E-state index in [0.717, 1.165) is 15.1 Å². The van der Waals surface area contributed by atoms with Crippen LogP contribution in [0, 0.1) is 0 Å². The molecule has 0 fully saturated rings. The topological polar surface area (TPSA) is 86.7 Å². The van der Waals surface area contributed by atoms with Crippen LogP contribution in [0.1, 0.15) is 5.56 Å². The molecule has 140 valence electrons. The van der Waals surface area contributed by atoms with Gasteiger partial charge in [-0.15, -0.1) is 0 Å². The van der Waals surface area contributed by atoms with E-state index in [1.165, 1.54) is 13.1 Å². The largest absolute Gasteiger partial charge is 0.392 e. The van der Waals surface area contributed by atoms with Gasteiger partial charge in [0.25, 0.3) is 0 Å². The molecule has 0 spiro atoms. The van der Waals surface area contributed by atoms with Gasteiger partial charge in [0.1, 0.15) is 0 Å². The van der Waals surface area contributed by atoms with Crippen LogP contribution in [0.15, 0.2) is 71.6 Å². The van der Waals surface area contributed by atoms with Crippen LogP contribution in [-0.4, -0.2) is 37.3 Å². The van der Waals surface area contributed by atoms with E-state index in [4.69, 9.17) is 5.11 Å². The van der Waals surface area contributed by atoms with E-state index >= 15 is 0 Å². The van der Waals surface area contributed by atoms with Crippen molar-refractivity contribution in [3.8, 4) is 0 Å². The second-order valence-corrected chi connectivity index (χ2v) is 8.22. The van der Waals surface area contributed by atoms with Gasteiger partial charge in [-0.3, -0.25) is 4.79 Å². The number of benzene rings is 3. The maximum atomic E-state index is 12.8. The zero-order chi connectivity index (χ0) is 19.4. The van der Waals surface area contributed by atoms with Gasteiger partial charge in [0.15, 0.2) is 0 Å². The number of aliphatic hydroxyl groups is 1. The number of rotatable bonds is 6. The standard InChI is InChI=1S/C20H20N2O4S/c1-22(13-20(24)21-18-8-4-5-15(11-18)14-23)27(25,26)19-10-9-16-6-2-3-7-17(16)12-19/h2-12,23H,13-14H2,1H3,(H,21,24). The molecule has 2 N–H and O–H groups in total. The number of likely N-dealkylation sites (N-methyl/N-ethyl adjacent to an activating group) is 1. The summed E-state index contributed by atoms with van der Waals surface area (Å²) in [6, 6.07) is 19.1. The highest BCUT2D eigenvalue weighted by Gasteiger charge is 2.23. The fraction of sp³-hybridized carbons (Fsp3) is 0.150. The summed E-state index contributed by atoms with van der Waals surface area (Å²) in [5.41, 5.74) is 1.16. The van der Waals surface area contributed by atoms with Gasteiger partial charge in [-0.05, 0) is 40.6 Å². The molecule has 27 heavy (non-hydrogen) atoms. The highest BCUT2D eigenvalue weighted by Crippen LogP contribution is 2.21. The van der Waals surface area contributed by atoms with Crippen LogP contribution >= 0.6 is 0 Å². The zero-order valence-electron chi connectivity index (χ0n) is 14.8. The van der Waals surface area contributed by atoms with Crippen molar-refractivity contribution in [1.82, 2.24) is 4.31 Å². The highest BCUT2D eigenvalue weighted by atomic mass is 32.2. The van der Waals surface area contributed by atoms with Gasteiger partial charge in [-0.2, -0.15) is 4.31 Å². The summed E-state index contributed by atoms with van der Waals surface area (Å²) < 4.78 is 26.6. The molecule has 7 heteroatoms. The maximum Gasteiger partial charge on any atom is 0.243 e. The molecule has 0 unspecified atom stereocenters. The van der Waals surface area contributed by atoms with Crippen molar-refractivity contribution < 1.29 is 18.3 Å². The molecule has 0 aliphatic rings. The number of nitrogens with one attached hydrogen (secondary N) is 1. The molecule has 0 saturated carbocycles. The molecule has 0 saturated heterocycles. The molecular formula is C20H20N2O4S. The van der Waals surface area contributed by atoms with Crippen molar-refractivity contribution in [3.63, 3.8) is 0 Å². The summed E-state index contributed by atoms with van der Waals surface area (Å²) in [5, 5.41) is 13.6. The smallest absolute Gasteiger partial charge is 0.243 e. The molecule has 0 radical (unpaired) electrons. The molecule has 0 aliphatic heterocycles. The monoisotopic (exact) mass is 384 g/mol. The van der Waals surface area contributed by atoms with Crippen LogP contribution in [0.2, 0.25) is 0 Å². The number of sulfonamides is 1. The van der Waals surface area contributed by atoms with E-state index in [9.17, 15) is 13.2 Å². The Morgan fingerprint density at radius 2 is 1.74 bits per heavy atom. The van der Waals surface area contributed by atoms with Gasteiger partial charge in [0, 0.05) is 12.7 Å². The lowest BCUT2D eigenvalue weighted by Gasteiger charge is -2.17. The van der Waals surface area contributed by atoms with E-state index in [1.807, 2.05) is 24.3 Å². The Hall–Kier alpha value is -2.74. The number of nitrogens with zero attached hydrogens (tertiary/aromatic N) is 1. The quantitative estimate of drug-likeness (QED) is 0.684. The average Bonchev–Trinajstić information content (AvgIpc) is 2.67. The second-order valence-electron chi connectivity index (χ2n) is 6.18. The van der Waals surface area contributed by atoms with Gasteiger partial charge in [-0.25, -0.2) is 8.42 Å². The Morgan fingerprint density at radius 3 is 2.48 bits per heavy atom. The molecular weight excluding hydrogens is 364 g/mol. The number of aliphatic hydroxyl groups excluding tert-OH is 1. The highest BCUT2D eigenvalue weighted by molar-refractivity contribution is 7.89. The first-order chi connectivity index (χ1) is 12.9. The minimum absolute atomic E-state index is 0.138. The number of carbonyl (C=O) groups is 1. The van der Waals surface area contributed by atoms with Gasteiger partial charge in [0.05, 0.1) is 18.0 Å². The van der Waals surface area contributed by atoms with E-state index in [-0.39, 0.29) is 18.0 Å². The summed E-state index contributed by atoms with van der Waals surface area (Å²) in [6.45, 7) is -0.460. The van der Waals surface area contributed by atoms with Crippen LogP contribution in [0.5, 0.6) is 0 Å². The Kier molecular flexibility index (Phi) is 5.55. The van der Waals surface area contributed by atoms with E-state index < -0.39 is 15.9 Å². The van der Waals surface area contributed by atoms with E-state index in [1.54, 1.807) is 36.4 Å². The summed E-state index contributed by atoms with van der Waals surface area (Å²) in [4.78, 5) is 12.4. The fourth-order valence-electron chi connectivity index (χ4n) is 2.74. The molecule has 3 aromatic rings. The number of amides is 1. The summed E-state index contributed by atoms with van der Waals surface area (Å²) in [6.07, 6.45) is 0. The van der Waals surface area contributed by atoms with Crippen molar-refractivity contribution in [1.29, 1.82) is 0 Å². The molecule has 0 atom stereocenters. The number of fused-ring (bicyclic) bond motifs is 1. The minimum Gasteiger partial charge on any atom is -0.392 e. The minimum atomic E-state index is -3.80. The Labute approximate surface area is 158 Å². The number of anilines is 1. The molecule has 0 heterocycles. The van der Waals surface area contributed by atoms with Gasteiger partial charge < -0.3 is 10.4 Å². The number of hydrogen-bond acceptors (Lipinski definition) is 4. The zero-order valence-corrected chi connectivity index (χ0v) is 15.6. The van der Waals surface area contributed by atoms with Gasteiger partial charge >= 0.3 is 0 Å². The molecule has 6 nitrogen and oxygen atoms in total. The summed E-state index contributed by atoms with van der Waals surface area (Å²) in [5.74, 6) is -0.461. The Bertz CT molecular complexity index is 1080.